The van der Waals surface area contributed by atoms with E-state index in [9.17, 15) is 9.59 Å². The molecule has 1 unspecified atom stereocenters. The Bertz CT molecular complexity index is 262. The summed E-state index contributed by atoms with van der Waals surface area (Å²) in [5, 5.41) is 17.3. The first-order chi connectivity index (χ1) is 5.11. The molecule has 1 aliphatic carbocycles. The molecule has 0 aliphatic heterocycles. The zero-order valence-corrected chi connectivity index (χ0v) is 5.52. The number of carboxylic acids is 1. The fraction of sp³-hybridized carbons (Fsp3) is 0.143. The molecular formula is C7H6O4. The number of carbonyl (C=O) groups excluding carboxylic acids is 1. The first-order valence-electron chi connectivity index (χ1n) is 2.96. The normalized spacial score (nSPS) is 23.2. The summed E-state index contributed by atoms with van der Waals surface area (Å²) in [6.45, 7) is 0. The van der Waals surface area contributed by atoms with Crippen LogP contribution in [0.25, 0.3) is 0 Å². The second-order valence-corrected chi connectivity index (χ2v) is 2.11. The van der Waals surface area contributed by atoms with Gasteiger partial charge in [-0.1, -0.05) is 0 Å². The molecule has 1 aliphatic rings. The molecule has 0 aromatic carbocycles. The summed E-state index contributed by atoms with van der Waals surface area (Å²) < 4.78 is 0. The summed E-state index contributed by atoms with van der Waals surface area (Å²) in [5.41, 5.74) is -0.0582. The number of hydrogen-bond acceptors (Lipinski definition) is 3. The van der Waals surface area contributed by atoms with Gasteiger partial charge in [0.15, 0.2) is 5.78 Å². The van der Waals surface area contributed by atoms with Crippen molar-refractivity contribution in [3.05, 3.63) is 23.8 Å². The lowest BCUT2D eigenvalue weighted by Gasteiger charge is -2.06. The van der Waals surface area contributed by atoms with Crippen LogP contribution < -0.4 is 0 Å². The summed E-state index contributed by atoms with van der Waals surface area (Å²) in [7, 11) is 0. The van der Waals surface area contributed by atoms with E-state index in [0.29, 0.717) is 0 Å². The molecule has 0 aromatic heterocycles. The first-order valence-corrected chi connectivity index (χ1v) is 2.96. The molecule has 2 N–H and O–H groups in total. The third-order valence-corrected chi connectivity index (χ3v) is 1.30. The van der Waals surface area contributed by atoms with Gasteiger partial charge in [0.1, 0.15) is 6.10 Å². The summed E-state index contributed by atoms with van der Waals surface area (Å²) >= 11 is 0. The average Bonchev–Trinajstić information content (AvgIpc) is 1.94. The Labute approximate surface area is 62.5 Å². The Kier molecular flexibility index (Phi) is 1.87. The molecule has 1 rings (SSSR count). The minimum absolute atomic E-state index is 0.0582. The first kappa shape index (κ1) is 7.68. The second-order valence-electron chi connectivity index (χ2n) is 2.11. The number of aliphatic hydroxyl groups is 1. The predicted molar refractivity (Wildman–Crippen MR) is 35.9 cm³/mol. The molecule has 0 radical (unpaired) electrons. The molecule has 58 valence electrons. The van der Waals surface area contributed by atoms with E-state index in [1.807, 2.05) is 0 Å². The van der Waals surface area contributed by atoms with Gasteiger partial charge < -0.3 is 10.2 Å². The highest BCUT2D eigenvalue weighted by atomic mass is 16.4. The predicted octanol–water partition coefficient (Wildman–Crippen LogP) is -0.503. The lowest BCUT2D eigenvalue weighted by molar-refractivity contribution is -0.132. The Morgan fingerprint density at radius 3 is 2.55 bits per heavy atom. The van der Waals surface area contributed by atoms with Crippen molar-refractivity contribution in [3.8, 4) is 0 Å². The molecule has 0 heterocycles. The average molecular weight is 154 g/mol. The van der Waals surface area contributed by atoms with Crippen LogP contribution in [-0.2, 0) is 9.59 Å². The fourth-order valence-corrected chi connectivity index (χ4v) is 0.721. The maximum absolute atomic E-state index is 10.6. The Morgan fingerprint density at radius 2 is 2.09 bits per heavy atom. The van der Waals surface area contributed by atoms with E-state index in [1.165, 1.54) is 0 Å². The van der Waals surface area contributed by atoms with E-state index in [4.69, 9.17) is 10.2 Å². The van der Waals surface area contributed by atoms with Crippen LogP contribution in [0.15, 0.2) is 23.8 Å². The van der Waals surface area contributed by atoms with Crippen molar-refractivity contribution >= 4 is 11.8 Å². The van der Waals surface area contributed by atoms with Crippen molar-refractivity contribution in [1.29, 1.82) is 0 Å². The van der Waals surface area contributed by atoms with E-state index in [2.05, 4.69) is 0 Å². The molecule has 0 saturated carbocycles. The Morgan fingerprint density at radius 1 is 1.45 bits per heavy atom. The van der Waals surface area contributed by atoms with Crippen LogP contribution in [0.4, 0.5) is 0 Å². The number of carbonyl (C=O) groups is 2. The number of hydrogen-bond donors (Lipinski definition) is 2. The Hall–Kier alpha value is -1.42. The van der Waals surface area contributed by atoms with Gasteiger partial charge in [-0.3, -0.25) is 4.79 Å². The lowest BCUT2D eigenvalue weighted by Crippen LogP contribution is -2.20. The van der Waals surface area contributed by atoms with Gasteiger partial charge in [0.25, 0.3) is 0 Å². The highest BCUT2D eigenvalue weighted by Gasteiger charge is 2.17. The molecule has 0 fully saturated rings. The highest BCUT2D eigenvalue weighted by Crippen LogP contribution is 2.07. The second kappa shape index (κ2) is 2.67. The highest BCUT2D eigenvalue weighted by molar-refractivity contribution is 6.02. The van der Waals surface area contributed by atoms with Gasteiger partial charge in [-0.05, 0) is 18.2 Å². The van der Waals surface area contributed by atoms with Crippen molar-refractivity contribution in [3.63, 3.8) is 0 Å². The SMILES string of the molecule is O=C(O)C1=CC(O)C(=O)C=C1. The number of aliphatic carboxylic acids is 1. The topological polar surface area (TPSA) is 74.6 Å². The van der Waals surface area contributed by atoms with Crippen LogP contribution >= 0.6 is 0 Å². The number of ketones is 1. The molecular weight excluding hydrogens is 148 g/mol. The van der Waals surface area contributed by atoms with Gasteiger partial charge in [0.05, 0.1) is 5.57 Å². The van der Waals surface area contributed by atoms with E-state index < -0.39 is 17.9 Å². The molecule has 0 amide bonds. The molecule has 1 atom stereocenters. The van der Waals surface area contributed by atoms with Crippen LogP contribution in [0.3, 0.4) is 0 Å². The number of aliphatic hydroxyl groups excluding tert-OH is 1. The summed E-state index contributed by atoms with van der Waals surface area (Å²) in [6, 6.07) is 0. The fourth-order valence-electron chi connectivity index (χ4n) is 0.721. The van der Waals surface area contributed by atoms with Crippen molar-refractivity contribution in [2.75, 3.05) is 0 Å². The lowest BCUT2D eigenvalue weighted by atomic mass is 10.0. The third kappa shape index (κ3) is 1.53. The maximum atomic E-state index is 10.6. The van der Waals surface area contributed by atoms with E-state index in [0.717, 1.165) is 18.2 Å². The van der Waals surface area contributed by atoms with Crippen LogP contribution in [0, 0.1) is 0 Å². The van der Waals surface area contributed by atoms with Crippen LogP contribution in [-0.4, -0.2) is 28.1 Å². The van der Waals surface area contributed by atoms with Gasteiger partial charge in [0, 0.05) is 0 Å². The minimum Gasteiger partial charge on any atom is -0.478 e. The van der Waals surface area contributed by atoms with Crippen LogP contribution in [0.2, 0.25) is 0 Å². The summed E-state index contributed by atoms with van der Waals surface area (Å²) in [4.78, 5) is 20.9. The molecule has 0 bridgehead atoms. The van der Waals surface area contributed by atoms with Gasteiger partial charge in [-0.15, -0.1) is 0 Å². The number of rotatable bonds is 1. The van der Waals surface area contributed by atoms with Crippen LogP contribution in [0.5, 0.6) is 0 Å². The summed E-state index contributed by atoms with van der Waals surface area (Å²) in [6.07, 6.45) is 1.92. The zero-order chi connectivity index (χ0) is 8.43. The largest absolute Gasteiger partial charge is 0.478 e. The summed E-state index contributed by atoms with van der Waals surface area (Å²) in [5.74, 6) is -1.64. The zero-order valence-electron chi connectivity index (χ0n) is 5.52. The van der Waals surface area contributed by atoms with Crippen molar-refractivity contribution in [2.45, 2.75) is 6.10 Å². The van der Waals surface area contributed by atoms with Gasteiger partial charge in [-0.25, -0.2) is 4.79 Å². The van der Waals surface area contributed by atoms with E-state index in [-0.39, 0.29) is 5.57 Å². The molecule has 0 saturated heterocycles. The maximum Gasteiger partial charge on any atom is 0.335 e. The molecule has 0 aromatic rings. The minimum atomic E-state index is -1.30. The van der Waals surface area contributed by atoms with Crippen molar-refractivity contribution in [2.24, 2.45) is 0 Å². The quantitative estimate of drug-likeness (QED) is 0.533. The number of carboxylic acid groups (broad SMARTS) is 1. The monoisotopic (exact) mass is 154 g/mol. The van der Waals surface area contributed by atoms with E-state index >= 15 is 0 Å². The molecule has 4 nitrogen and oxygen atoms in total. The van der Waals surface area contributed by atoms with Crippen molar-refractivity contribution in [1.82, 2.24) is 0 Å². The van der Waals surface area contributed by atoms with Gasteiger partial charge in [0.2, 0.25) is 0 Å². The molecule has 4 heteroatoms. The smallest absolute Gasteiger partial charge is 0.335 e. The van der Waals surface area contributed by atoms with Gasteiger partial charge >= 0.3 is 5.97 Å². The molecule has 0 spiro atoms. The van der Waals surface area contributed by atoms with Crippen LogP contribution in [0.1, 0.15) is 0 Å². The Balaban J connectivity index is 2.88. The van der Waals surface area contributed by atoms with Gasteiger partial charge in [-0.2, -0.15) is 0 Å². The van der Waals surface area contributed by atoms with Crippen molar-refractivity contribution < 1.29 is 19.8 Å². The molecule has 11 heavy (non-hydrogen) atoms. The van der Waals surface area contributed by atoms with E-state index in [1.54, 1.807) is 0 Å². The standard InChI is InChI=1S/C7H6O4/c8-5-2-1-4(7(10)11)3-6(5)9/h1-3,6,9H,(H,10,11). The third-order valence-electron chi connectivity index (χ3n) is 1.30.